The number of halogens is 1. The summed E-state index contributed by atoms with van der Waals surface area (Å²) >= 11 is 7.82. The third kappa shape index (κ3) is 3.23. The highest BCUT2D eigenvalue weighted by atomic mass is 35.5. The molecule has 1 aliphatic carbocycles. The number of nitrogens with one attached hydrogen (secondary N) is 1. The maximum atomic E-state index is 11.8. The number of hydrogen-bond acceptors (Lipinski definition) is 2. The van der Waals surface area contributed by atoms with Gasteiger partial charge in [0.15, 0.2) is 0 Å². The Morgan fingerprint density at radius 2 is 2.12 bits per heavy atom. The molecule has 2 rings (SSSR count). The highest BCUT2D eigenvalue weighted by molar-refractivity contribution is 7.12. The summed E-state index contributed by atoms with van der Waals surface area (Å²) < 4.78 is 0. The molecule has 1 unspecified atom stereocenters. The third-order valence-electron chi connectivity index (χ3n) is 2.77. The summed E-state index contributed by atoms with van der Waals surface area (Å²) in [6.07, 6.45) is 2.18. The molecule has 1 saturated carbocycles. The van der Waals surface area contributed by atoms with E-state index in [2.05, 4.69) is 32.2 Å². The molecular weight excluding hydrogens is 254 g/mol. The topological polar surface area (TPSA) is 29.1 Å². The maximum Gasteiger partial charge on any atom is 0.243 e. The van der Waals surface area contributed by atoms with Crippen molar-refractivity contribution in [2.24, 2.45) is 0 Å². The summed E-state index contributed by atoms with van der Waals surface area (Å²) in [7, 11) is 0. The smallest absolute Gasteiger partial charge is 0.243 e. The average Bonchev–Trinajstić information content (AvgIpc) is 2.89. The summed E-state index contributed by atoms with van der Waals surface area (Å²) in [6.45, 7) is 6.49. The normalized spacial score (nSPS) is 17.9. The van der Waals surface area contributed by atoms with Gasteiger partial charge in [0.2, 0.25) is 5.91 Å². The van der Waals surface area contributed by atoms with Crippen molar-refractivity contribution >= 4 is 28.8 Å². The van der Waals surface area contributed by atoms with Crippen LogP contribution in [-0.4, -0.2) is 11.9 Å². The van der Waals surface area contributed by atoms with Gasteiger partial charge in [-0.2, -0.15) is 0 Å². The largest absolute Gasteiger partial charge is 0.352 e. The van der Waals surface area contributed by atoms with Gasteiger partial charge in [-0.3, -0.25) is 4.79 Å². The molecule has 4 heteroatoms. The van der Waals surface area contributed by atoms with E-state index in [0.717, 1.165) is 17.7 Å². The van der Waals surface area contributed by atoms with Crippen molar-refractivity contribution in [1.82, 2.24) is 5.32 Å². The Bertz CT molecular complexity index is 417. The number of thiophene rings is 1. The van der Waals surface area contributed by atoms with E-state index in [0.29, 0.717) is 6.04 Å². The lowest BCUT2D eigenvalue weighted by Gasteiger charge is -2.15. The van der Waals surface area contributed by atoms with Gasteiger partial charge in [-0.15, -0.1) is 22.9 Å². The number of carbonyl (C=O) groups excluding carboxylic acids is 1. The second-order valence-corrected chi connectivity index (χ2v) is 7.15. The molecule has 0 radical (unpaired) electrons. The molecule has 17 heavy (non-hydrogen) atoms. The van der Waals surface area contributed by atoms with Gasteiger partial charge in [0.1, 0.15) is 5.38 Å². The van der Waals surface area contributed by atoms with Gasteiger partial charge in [0.05, 0.1) is 0 Å². The minimum absolute atomic E-state index is 0.0588. The Balaban J connectivity index is 2.05. The van der Waals surface area contributed by atoms with Gasteiger partial charge >= 0.3 is 0 Å². The predicted octanol–water partition coefficient (Wildman–Crippen LogP) is 3.60. The molecule has 1 atom stereocenters. The summed E-state index contributed by atoms with van der Waals surface area (Å²) in [6, 6.07) is 4.40. The monoisotopic (exact) mass is 271 g/mol. The minimum Gasteiger partial charge on any atom is -0.352 e. The summed E-state index contributed by atoms with van der Waals surface area (Å²) in [5.41, 5.74) is 0.118. The number of amides is 1. The number of carbonyl (C=O) groups is 1. The van der Waals surface area contributed by atoms with Crippen LogP contribution in [0.5, 0.6) is 0 Å². The van der Waals surface area contributed by atoms with Crippen LogP contribution < -0.4 is 5.32 Å². The van der Waals surface area contributed by atoms with Crippen molar-refractivity contribution in [3.8, 4) is 0 Å². The van der Waals surface area contributed by atoms with Gasteiger partial charge in [-0.05, 0) is 30.4 Å². The van der Waals surface area contributed by atoms with Crippen LogP contribution in [-0.2, 0) is 10.2 Å². The van der Waals surface area contributed by atoms with Crippen LogP contribution in [0.15, 0.2) is 12.1 Å². The fraction of sp³-hybridized carbons (Fsp3) is 0.615. The molecule has 1 aromatic heterocycles. The zero-order valence-corrected chi connectivity index (χ0v) is 12.0. The fourth-order valence-corrected chi connectivity index (χ4v) is 2.84. The molecule has 1 amide bonds. The molecule has 0 spiro atoms. The SMILES string of the molecule is CC(C)(C)c1ccc(C(Cl)C(=O)NC2CC2)s1. The van der Waals surface area contributed by atoms with E-state index in [1.165, 1.54) is 4.88 Å². The van der Waals surface area contributed by atoms with Crippen molar-refractivity contribution in [3.05, 3.63) is 21.9 Å². The van der Waals surface area contributed by atoms with E-state index in [-0.39, 0.29) is 11.3 Å². The molecule has 0 aromatic carbocycles. The van der Waals surface area contributed by atoms with Crippen molar-refractivity contribution in [3.63, 3.8) is 0 Å². The quantitative estimate of drug-likeness (QED) is 0.836. The van der Waals surface area contributed by atoms with Crippen LogP contribution in [0.1, 0.15) is 48.7 Å². The molecule has 1 N–H and O–H groups in total. The Labute approximate surface area is 111 Å². The van der Waals surface area contributed by atoms with Crippen molar-refractivity contribution in [2.75, 3.05) is 0 Å². The molecule has 2 nitrogen and oxygen atoms in total. The van der Waals surface area contributed by atoms with E-state index in [4.69, 9.17) is 11.6 Å². The van der Waals surface area contributed by atoms with Gasteiger partial charge in [-0.25, -0.2) is 0 Å². The first-order valence-electron chi connectivity index (χ1n) is 5.92. The fourth-order valence-electron chi connectivity index (χ4n) is 1.52. The molecule has 0 saturated heterocycles. The Kier molecular flexibility index (Phi) is 3.50. The molecule has 0 aliphatic heterocycles. The van der Waals surface area contributed by atoms with Crippen LogP contribution in [0.25, 0.3) is 0 Å². The predicted molar refractivity (Wildman–Crippen MR) is 72.8 cm³/mol. The number of rotatable bonds is 3. The first-order chi connectivity index (χ1) is 7.88. The van der Waals surface area contributed by atoms with Crippen LogP contribution in [0.3, 0.4) is 0 Å². The van der Waals surface area contributed by atoms with Crippen molar-refractivity contribution in [1.29, 1.82) is 0 Å². The van der Waals surface area contributed by atoms with Crippen LogP contribution in [0, 0.1) is 0 Å². The third-order valence-corrected chi connectivity index (χ3v) is 4.91. The zero-order chi connectivity index (χ0) is 12.6. The van der Waals surface area contributed by atoms with E-state index in [1.807, 2.05) is 6.07 Å². The van der Waals surface area contributed by atoms with Crippen LogP contribution in [0.2, 0.25) is 0 Å². The molecular formula is C13H18ClNOS. The van der Waals surface area contributed by atoms with E-state index in [9.17, 15) is 4.79 Å². The first-order valence-corrected chi connectivity index (χ1v) is 7.18. The van der Waals surface area contributed by atoms with Gasteiger partial charge < -0.3 is 5.32 Å². The lowest BCUT2D eigenvalue weighted by atomic mass is 9.95. The van der Waals surface area contributed by atoms with E-state index >= 15 is 0 Å². The molecule has 0 bridgehead atoms. The summed E-state index contributed by atoms with van der Waals surface area (Å²) in [5.74, 6) is -0.0588. The molecule has 1 aliphatic rings. The lowest BCUT2D eigenvalue weighted by molar-refractivity contribution is -0.120. The first kappa shape index (κ1) is 12.9. The summed E-state index contributed by atoms with van der Waals surface area (Å²) in [4.78, 5) is 14.0. The number of alkyl halides is 1. The summed E-state index contributed by atoms with van der Waals surface area (Å²) in [5, 5.41) is 2.39. The second kappa shape index (κ2) is 4.62. The van der Waals surface area contributed by atoms with Gasteiger partial charge in [0, 0.05) is 15.8 Å². The van der Waals surface area contributed by atoms with E-state index in [1.54, 1.807) is 11.3 Å². The molecule has 94 valence electrons. The Morgan fingerprint density at radius 3 is 2.59 bits per heavy atom. The highest BCUT2D eigenvalue weighted by Crippen LogP contribution is 2.35. The number of hydrogen-bond donors (Lipinski definition) is 1. The standard InChI is InChI=1S/C13H18ClNOS/c1-13(2,3)10-7-6-9(17-10)11(14)12(16)15-8-4-5-8/h6-8,11H,4-5H2,1-3H3,(H,15,16). The molecule has 1 fully saturated rings. The lowest BCUT2D eigenvalue weighted by Crippen LogP contribution is -2.28. The van der Waals surface area contributed by atoms with Crippen molar-refractivity contribution < 1.29 is 4.79 Å². The van der Waals surface area contributed by atoms with Gasteiger partial charge in [-0.1, -0.05) is 20.8 Å². The average molecular weight is 272 g/mol. The van der Waals surface area contributed by atoms with Crippen LogP contribution in [0.4, 0.5) is 0 Å². The van der Waals surface area contributed by atoms with Gasteiger partial charge in [0.25, 0.3) is 0 Å². The highest BCUT2D eigenvalue weighted by Gasteiger charge is 2.28. The Hall–Kier alpha value is -0.540. The minimum atomic E-state index is -0.545. The van der Waals surface area contributed by atoms with Crippen molar-refractivity contribution in [2.45, 2.75) is 50.4 Å². The molecule has 1 heterocycles. The maximum absolute atomic E-state index is 11.8. The Morgan fingerprint density at radius 1 is 1.47 bits per heavy atom. The zero-order valence-electron chi connectivity index (χ0n) is 10.4. The van der Waals surface area contributed by atoms with Crippen LogP contribution >= 0.6 is 22.9 Å². The second-order valence-electron chi connectivity index (χ2n) is 5.60. The molecule has 1 aromatic rings. The van der Waals surface area contributed by atoms with E-state index < -0.39 is 5.38 Å².